The average Bonchev–Trinajstić information content (AvgIpc) is 2.72. The second-order valence-electron chi connectivity index (χ2n) is 3.61. The van der Waals surface area contributed by atoms with Crippen LogP contribution in [-0.2, 0) is 0 Å². The molecule has 0 aliphatic heterocycles. The Morgan fingerprint density at radius 3 is 2.65 bits per heavy atom. The lowest BCUT2D eigenvalue weighted by Crippen LogP contribution is -2.05. The SMILES string of the molecule is CC(Nc1cccc(Cl)c1Br)c1ccc(Br)o1. The van der Waals surface area contributed by atoms with E-state index in [2.05, 4.69) is 37.2 Å². The summed E-state index contributed by atoms with van der Waals surface area (Å²) in [7, 11) is 0. The van der Waals surface area contributed by atoms with E-state index in [1.165, 1.54) is 0 Å². The molecule has 1 heterocycles. The van der Waals surface area contributed by atoms with Gasteiger partial charge in [-0.15, -0.1) is 0 Å². The highest BCUT2D eigenvalue weighted by molar-refractivity contribution is 9.10. The predicted octanol–water partition coefficient (Wildman–Crippen LogP) is 5.63. The van der Waals surface area contributed by atoms with Crippen LogP contribution in [-0.4, -0.2) is 0 Å². The van der Waals surface area contributed by atoms with Crippen LogP contribution in [0.1, 0.15) is 18.7 Å². The van der Waals surface area contributed by atoms with Gasteiger partial charge in [0.05, 0.1) is 21.2 Å². The molecular formula is C12H10Br2ClNO. The summed E-state index contributed by atoms with van der Waals surface area (Å²) in [5, 5.41) is 4.02. The van der Waals surface area contributed by atoms with Gasteiger partial charge in [0.15, 0.2) is 4.67 Å². The topological polar surface area (TPSA) is 25.2 Å². The van der Waals surface area contributed by atoms with Crippen LogP contribution in [0.4, 0.5) is 5.69 Å². The Hall–Kier alpha value is -0.450. The van der Waals surface area contributed by atoms with Gasteiger partial charge in [0, 0.05) is 0 Å². The summed E-state index contributed by atoms with van der Waals surface area (Å²) < 4.78 is 7.08. The molecular weight excluding hydrogens is 369 g/mol. The Kier molecular flexibility index (Phi) is 4.17. The second-order valence-corrected chi connectivity index (χ2v) is 5.59. The molecule has 1 unspecified atom stereocenters. The number of anilines is 1. The first kappa shape index (κ1) is 13.0. The van der Waals surface area contributed by atoms with E-state index in [1.54, 1.807) is 0 Å². The molecule has 90 valence electrons. The summed E-state index contributed by atoms with van der Waals surface area (Å²) in [6.45, 7) is 2.03. The number of nitrogens with one attached hydrogen (secondary N) is 1. The first-order chi connectivity index (χ1) is 8.08. The molecule has 0 fully saturated rings. The summed E-state index contributed by atoms with van der Waals surface area (Å²) >= 11 is 12.8. The van der Waals surface area contributed by atoms with Crippen LogP contribution >= 0.6 is 43.5 Å². The number of rotatable bonds is 3. The maximum Gasteiger partial charge on any atom is 0.169 e. The molecule has 0 aliphatic carbocycles. The zero-order valence-electron chi connectivity index (χ0n) is 9.01. The lowest BCUT2D eigenvalue weighted by atomic mass is 10.2. The maximum atomic E-state index is 6.03. The fraction of sp³-hybridized carbons (Fsp3) is 0.167. The van der Waals surface area contributed by atoms with Crippen molar-refractivity contribution in [2.75, 3.05) is 5.32 Å². The summed E-state index contributed by atoms with van der Waals surface area (Å²) in [5.74, 6) is 0.865. The van der Waals surface area contributed by atoms with Crippen LogP contribution in [0, 0.1) is 0 Å². The molecule has 1 aromatic carbocycles. The summed E-state index contributed by atoms with van der Waals surface area (Å²) in [4.78, 5) is 0. The van der Waals surface area contributed by atoms with E-state index in [0.717, 1.165) is 20.6 Å². The van der Waals surface area contributed by atoms with Crippen molar-refractivity contribution in [3.8, 4) is 0 Å². The first-order valence-corrected chi connectivity index (χ1v) is 7.00. The number of furan rings is 1. The predicted molar refractivity (Wildman–Crippen MR) is 77.6 cm³/mol. The van der Waals surface area contributed by atoms with Crippen molar-refractivity contribution in [1.82, 2.24) is 0 Å². The van der Waals surface area contributed by atoms with Crippen LogP contribution < -0.4 is 5.32 Å². The van der Waals surface area contributed by atoms with E-state index in [1.807, 2.05) is 37.3 Å². The van der Waals surface area contributed by atoms with Gasteiger partial charge in [-0.05, 0) is 63.0 Å². The standard InChI is InChI=1S/C12H10Br2ClNO/c1-7(10-5-6-11(13)17-10)16-9-4-2-3-8(15)12(9)14/h2-7,16H,1H3. The maximum absolute atomic E-state index is 6.03. The molecule has 1 N–H and O–H groups in total. The van der Waals surface area contributed by atoms with Crippen LogP contribution in [0.3, 0.4) is 0 Å². The van der Waals surface area contributed by atoms with E-state index >= 15 is 0 Å². The molecule has 2 aromatic rings. The molecule has 0 saturated carbocycles. The fourth-order valence-corrected chi connectivity index (χ4v) is 2.35. The van der Waals surface area contributed by atoms with Gasteiger partial charge < -0.3 is 9.73 Å². The quantitative estimate of drug-likeness (QED) is 0.747. The van der Waals surface area contributed by atoms with Gasteiger partial charge in [0.2, 0.25) is 0 Å². The molecule has 0 aliphatic rings. The van der Waals surface area contributed by atoms with Gasteiger partial charge in [-0.25, -0.2) is 0 Å². The Morgan fingerprint density at radius 2 is 2.00 bits per heavy atom. The lowest BCUT2D eigenvalue weighted by molar-refractivity contribution is 0.471. The van der Waals surface area contributed by atoms with E-state index < -0.39 is 0 Å². The van der Waals surface area contributed by atoms with Crippen LogP contribution in [0.25, 0.3) is 0 Å². The van der Waals surface area contributed by atoms with Gasteiger partial charge in [0.1, 0.15) is 5.76 Å². The third kappa shape index (κ3) is 3.06. The van der Waals surface area contributed by atoms with Crippen molar-refractivity contribution in [2.45, 2.75) is 13.0 Å². The molecule has 2 nitrogen and oxygen atoms in total. The summed E-state index contributed by atoms with van der Waals surface area (Å²) in [6.07, 6.45) is 0. The number of hydrogen-bond acceptors (Lipinski definition) is 2. The third-order valence-electron chi connectivity index (χ3n) is 2.34. The van der Waals surface area contributed by atoms with Crippen molar-refractivity contribution >= 4 is 49.1 Å². The van der Waals surface area contributed by atoms with Crippen LogP contribution in [0.2, 0.25) is 5.02 Å². The summed E-state index contributed by atoms with van der Waals surface area (Å²) in [5.41, 5.74) is 0.942. The molecule has 0 amide bonds. The summed E-state index contributed by atoms with van der Waals surface area (Å²) in [6, 6.07) is 9.58. The van der Waals surface area contributed by atoms with E-state index in [4.69, 9.17) is 16.0 Å². The van der Waals surface area contributed by atoms with E-state index in [0.29, 0.717) is 5.02 Å². The van der Waals surface area contributed by atoms with Crippen molar-refractivity contribution in [1.29, 1.82) is 0 Å². The molecule has 0 saturated heterocycles. The highest BCUT2D eigenvalue weighted by atomic mass is 79.9. The van der Waals surface area contributed by atoms with E-state index in [9.17, 15) is 0 Å². The van der Waals surface area contributed by atoms with Gasteiger partial charge in [-0.2, -0.15) is 0 Å². The Labute approximate surface area is 122 Å². The Morgan fingerprint density at radius 1 is 1.24 bits per heavy atom. The number of benzene rings is 1. The van der Waals surface area contributed by atoms with Crippen molar-refractivity contribution < 1.29 is 4.42 Å². The molecule has 0 bridgehead atoms. The van der Waals surface area contributed by atoms with Gasteiger partial charge in [0.25, 0.3) is 0 Å². The molecule has 0 radical (unpaired) electrons. The molecule has 17 heavy (non-hydrogen) atoms. The number of halogens is 3. The minimum atomic E-state index is 0.0658. The zero-order chi connectivity index (χ0) is 12.4. The minimum Gasteiger partial charge on any atom is -0.452 e. The highest BCUT2D eigenvalue weighted by Crippen LogP contribution is 2.32. The minimum absolute atomic E-state index is 0.0658. The monoisotopic (exact) mass is 377 g/mol. The number of hydrogen-bond donors (Lipinski definition) is 1. The zero-order valence-corrected chi connectivity index (χ0v) is 12.9. The van der Waals surface area contributed by atoms with E-state index in [-0.39, 0.29) is 6.04 Å². The second kappa shape index (κ2) is 5.46. The molecule has 1 atom stereocenters. The van der Waals surface area contributed by atoms with Crippen molar-refractivity contribution in [2.24, 2.45) is 0 Å². The van der Waals surface area contributed by atoms with Crippen molar-refractivity contribution in [3.05, 3.63) is 50.3 Å². The Bertz CT molecular complexity index is 527. The first-order valence-electron chi connectivity index (χ1n) is 5.03. The third-order valence-corrected chi connectivity index (χ3v) is 4.17. The Balaban J connectivity index is 2.18. The normalized spacial score (nSPS) is 12.5. The fourth-order valence-electron chi connectivity index (χ4n) is 1.48. The van der Waals surface area contributed by atoms with Crippen LogP contribution in [0.5, 0.6) is 0 Å². The largest absolute Gasteiger partial charge is 0.452 e. The molecule has 2 rings (SSSR count). The average molecular weight is 379 g/mol. The highest BCUT2D eigenvalue weighted by Gasteiger charge is 2.12. The lowest BCUT2D eigenvalue weighted by Gasteiger charge is -2.14. The molecule has 5 heteroatoms. The van der Waals surface area contributed by atoms with Gasteiger partial charge in [-0.1, -0.05) is 17.7 Å². The van der Waals surface area contributed by atoms with Crippen molar-refractivity contribution in [3.63, 3.8) is 0 Å². The van der Waals surface area contributed by atoms with Gasteiger partial charge >= 0.3 is 0 Å². The molecule has 1 aromatic heterocycles. The smallest absolute Gasteiger partial charge is 0.169 e. The van der Waals surface area contributed by atoms with Gasteiger partial charge in [-0.3, -0.25) is 0 Å². The molecule has 0 spiro atoms. The van der Waals surface area contributed by atoms with Crippen LogP contribution in [0.15, 0.2) is 43.9 Å².